The number of carbonyl (C=O) groups excluding carboxylic acids is 2. The number of halogens is 3. The lowest BCUT2D eigenvalue weighted by molar-refractivity contribution is -0.120. The molecule has 4 nitrogen and oxygen atoms in total. The Morgan fingerprint density at radius 2 is 1.56 bits per heavy atom. The van der Waals surface area contributed by atoms with Crippen molar-refractivity contribution in [3.05, 3.63) is 99.2 Å². The number of aryl methyl sites for hydroxylation is 3. The van der Waals surface area contributed by atoms with E-state index in [1.54, 1.807) is 30.3 Å². The van der Waals surface area contributed by atoms with Crippen molar-refractivity contribution >= 4 is 40.4 Å². The molecule has 0 fully saturated rings. The van der Waals surface area contributed by atoms with Gasteiger partial charge in [0.25, 0.3) is 11.8 Å². The maximum atomic E-state index is 14.5. The van der Waals surface area contributed by atoms with Gasteiger partial charge in [0, 0.05) is 16.8 Å². The van der Waals surface area contributed by atoms with Crippen molar-refractivity contribution in [3.8, 4) is 0 Å². The first kappa shape index (κ1) is 21.7. The number of benzene rings is 3. The van der Waals surface area contributed by atoms with Crippen LogP contribution < -0.4 is 10.2 Å². The van der Waals surface area contributed by atoms with Gasteiger partial charge in [-0.25, -0.2) is 13.7 Å². The maximum Gasteiger partial charge on any atom is 0.282 e. The topological polar surface area (TPSA) is 49.4 Å². The van der Waals surface area contributed by atoms with Gasteiger partial charge in [-0.05, 0) is 73.4 Å². The average molecular weight is 453 g/mol. The van der Waals surface area contributed by atoms with Gasteiger partial charge in [-0.15, -0.1) is 0 Å². The Labute approximate surface area is 189 Å². The first-order valence-corrected chi connectivity index (χ1v) is 10.2. The third-order valence-corrected chi connectivity index (χ3v) is 5.71. The number of imide groups is 1. The van der Waals surface area contributed by atoms with Crippen LogP contribution in [0.15, 0.2) is 60.3 Å². The van der Waals surface area contributed by atoms with Crippen LogP contribution in [-0.4, -0.2) is 11.8 Å². The number of hydrogen-bond acceptors (Lipinski definition) is 3. The van der Waals surface area contributed by atoms with Gasteiger partial charge in [-0.2, -0.15) is 0 Å². The summed E-state index contributed by atoms with van der Waals surface area (Å²) in [6.07, 6.45) is 0. The monoisotopic (exact) mass is 452 g/mol. The zero-order valence-corrected chi connectivity index (χ0v) is 18.3. The summed E-state index contributed by atoms with van der Waals surface area (Å²) in [5, 5.41) is 3.57. The zero-order chi connectivity index (χ0) is 23.2. The van der Waals surface area contributed by atoms with Gasteiger partial charge >= 0.3 is 0 Å². The van der Waals surface area contributed by atoms with Gasteiger partial charge in [0.1, 0.15) is 17.3 Å². The highest BCUT2D eigenvalue weighted by molar-refractivity contribution is 6.46. The first-order valence-electron chi connectivity index (χ1n) is 9.86. The van der Waals surface area contributed by atoms with Gasteiger partial charge in [0.2, 0.25) is 0 Å². The van der Waals surface area contributed by atoms with Crippen molar-refractivity contribution in [3.63, 3.8) is 0 Å². The molecule has 3 aromatic carbocycles. The fraction of sp³-hybridized carbons (Fsp3) is 0.120. The van der Waals surface area contributed by atoms with Gasteiger partial charge in [-0.1, -0.05) is 29.8 Å². The molecule has 0 radical (unpaired) electrons. The largest absolute Gasteiger partial charge is 0.350 e. The van der Waals surface area contributed by atoms with Gasteiger partial charge < -0.3 is 5.32 Å². The highest BCUT2D eigenvalue weighted by Gasteiger charge is 2.41. The lowest BCUT2D eigenvalue weighted by atomic mass is 9.99. The molecule has 0 aliphatic carbocycles. The summed E-state index contributed by atoms with van der Waals surface area (Å²) in [6, 6.07) is 13.2. The fourth-order valence-electron chi connectivity index (χ4n) is 3.59. The number of nitrogens with one attached hydrogen (secondary N) is 1. The van der Waals surface area contributed by atoms with Crippen molar-refractivity contribution in [1.82, 2.24) is 0 Å². The molecule has 32 heavy (non-hydrogen) atoms. The van der Waals surface area contributed by atoms with Gasteiger partial charge in [-0.3, -0.25) is 9.59 Å². The van der Waals surface area contributed by atoms with Crippen LogP contribution in [0.3, 0.4) is 0 Å². The molecule has 0 bridgehead atoms. The lowest BCUT2D eigenvalue weighted by Gasteiger charge is -2.16. The Morgan fingerprint density at radius 3 is 2.22 bits per heavy atom. The fourth-order valence-corrected chi connectivity index (χ4v) is 3.82. The highest BCUT2D eigenvalue weighted by atomic mass is 35.5. The minimum Gasteiger partial charge on any atom is -0.350 e. The molecule has 0 spiro atoms. The summed E-state index contributed by atoms with van der Waals surface area (Å²) >= 11 is 6.03. The van der Waals surface area contributed by atoms with Crippen molar-refractivity contribution in [2.45, 2.75) is 20.8 Å². The van der Waals surface area contributed by atoms with Crippen LogP contribution >= 0.6 is 11.6 Å². The lowest BCUT2D eigenvalue weighted by Crippen LogP contribution is -2.33. The molecule has 0 atom stereocenters. The van der Waals surface area contributed by atoms with Crippen molar-refractivity contribution in [2.75, 3.05) is 10.2 Å². The zero-order valence-electron chi connectivity index (χ0n) is 17.6. The minimum atomic E-state index is -1.00. The second-order valence-electron chi connectivity index (χ2n) is 7.67. The standard InChI is InChI=1S/C25H19ClF2N2O2/c1-13-4-5-16(10-14(13)2)22-23(29-20-8-6-17(26)11-15(20)3)25(32)30(24(22)31)21-9-7-18(27)12-19(21)28/h4-12,29H,1-3H3. The molecular weight excluding hydrogens is 434 g/mol. The van der Waals surface area contributed by atoms with Crippen LogP contribution in [0.1, 0.15) is 22.3 Å². The average Bonchev–Trinajstić information content (AvgIpc) is 2.96. The molecule has 0 unspecified atom stereocenters. The molecule has 0 aromatic heterocycles. The molecule has 7 heteroatoms. The summed E-state index contributed by atoms with van der Waals surface area (Å²) in [6.45, 7) is 5.64. The van der Waals surface area contributed by atoms with Crippen LogP contribution in [0, 0.1) is 32.4 Å². The summed E-state index contributed by atoms with van der Waals surface area (Å²) < 4.78 is 28.0. The van der Waals surface area contributed by atoms with Crippen molar-refractivity contribution in [1.29, 1.82) is 0 Å². The second-order valence-corrected chi connectivity index (χ2v) is 8.11. The van der Waals surface area contributed by atoms with Crippen LogP contribution in [-0.2, 0) is 9.59 Å². The number of carbonyl (C=O) groups is 2. The Hall–Kier alpha value is -3.51. The van der Waals surface area contributed by atoms with E-state index in [4.69, 9.17) is 11.6 Å². The van der Waals surface area contributed by atoms with E-state index in [1.807, 2.05) is 26.8 Å². The predicted octanol–water partition coefficient (Wildman–Crippen LogP) is 5.94. The van der Waals surface area contributed by atoms with Crippen LogP contribution in [0.25, 0.3) is 5.57 Å². The molecule has 0 saturated heterocycles. The molecule has 1 aliphatic heterocycles. The Bertz CT molecular complexity index is 1320. The third-order valence-electron chi connectivity index (χ3n) is 5.48. The number of rotatable bonds is 4. The number of anilines is 2. The Balaban J connectivity index is 1.88. The number of nitrogens with zero attached hydrogens (tertiary/aromatic N) is 1. The summed E-state index contributed by atoms with van der Waals surface area (Å²) in [7, 11) is 0. The Kier molecular flexibility index (Phi) is 5.57. The van der Waals surface area contributed by atoms with Crippen LogP contribution in [0.4, 0.5) is 20.2 Å². The van der Waals surface area contributed by atoms with E-state index in [0.717, 1.165) is 33.7 Å². The normalized spacial score (nSPS) is 13.9. The molecular formula is C25H19ClF2N2O2. The maximum absolute atomic E-state index is 14.5. The molecule has 1 heterocycles. The first-order chi connectivity index (χ1) is 15.2. The quantitative estimate of drug-likeness (QED) is 0.498. The van der Waals surface area contributed by atoms with E-state index in [9.17, 15) is 18.4 Å². The minimum absolute atomic E-state index is 0.00685. The number of amides is 2. The summed E-state index contributed by atoms with van der Waals surface area (Å²) in [5.41, 5.74) is 3.62. The second kappa shape index (κ2) is 8.20. The Morgan fingerprint density at radius 1 is 0.812 bits per heavy atom. The molecule has 2 amide bonds. The third kappa shape index (κ3) is 3.78. The van der Waals surface area contributed by atoms with Crippen LogP contribution in [0.2, 0.25) is 5.02 Å². The molecule has 1 aliphatic rings. The summed E-state index contributed by atoms with van der Waals surface area (Å²) in [5.74, 6) is -3.24. The number of hydrogen-bond donors (Lipinski definition) is 1. The molecule has 1 N–H and O–H groups in total. The van der Waals surface area contributed by atoms with Crippen LogP contribution in [0.5, 0.6) is 0 Å². The highest BCUT2D eigenvalue weighted by Crippen LogP contribution is 2.36. The van der Waals surface area contributed by atoms with E-state index >= 15 is 0 Å². The van der Waals surface area contributed by atoms with E-state index < -0.39 is 23.4 Å². The van der Waals surface area contributed by atoms with Gasteiger partial charge in [0.15, 0.2) is 0 Å². The predicted molar refractivity (Wildman–Crippen MR) is 121 cm³/mol. The van der Waals surface area contributed by atoms with E-state index in [0.29, 0.717) is 22.3 Å². The van der Waals surface area contributed by atoms with E-state index in [2.05, 4.69) is 5.32 Å². The van der Waals surface area contributed by atoms with E-state index in [1.165, 1.54) is 0 Å². The van der Waals surface area contributed by atoms with E-state index in [-0.39, 0.29) is 17.0 Å². The molecule has 4 rings (SSSR count). The molecule has 3 aromatic rings. The molecule has 0 saturated carbocycles. The molecule has 162 valence electrons. The van der Waals surface area contributed by atoms with Gasteiger partial charge in [0.05, 0.1) is 11.3 Å². The van der Waals surface area contributed by atoms with Crippen molar-refractivity contribution < 1.29 is 18.4 Å². The summed E-state index contributed by atoms with van der Waals surface area (Å²) in [4.78, 5) is 27.5. The smallest absolute Gasteiger partial charge is 0.282 e. The van der Waals surface area contributed by atoms with Crippen molar-refractivity contribution in [2.24, 2.45) is 0 Å². The SMILES string of the molecule is Cc1ccc(C2=C(Nc3ccc(Cl)cc3C)C(=O)N(c3ccc(F)cc3F)C2=O)cc1C.